The number of likely N-dealkylation sites (tertiary alicyclic amines) is 1. The zero-order chi connectivity index (χ0) is 22.2. The smallest absolute Gasteiger partial charge is 0.308 e. The van der Waals surface area contributed by atoms with Crippen LogP contribution >= 0.6 is 0 Å². The molecule has 1 fully saturated rings. The molecule has 1 aliphatic rings. The molecule has 1 atom stereocenters. The van der Waals surface area contributed by atoms with Crippen molar-refractivity contribution in [1.82, 2.24) is 19.5 Å². The second kappa shape index (κ2) is 8.30. The molecular formula is C24H31N5O2. The largest absolute Gasteiger partial charge is 0.427 e. The summed E-state index contributed by atoms with van der Waals surface area (Å²) in [6.45, 7) is 10.7. The Bertz CT molecular complexity index is 1080. The van der Waals surface area contributed by atoms with Crippen LogP contribution in [0.1, 0.15) is 63.4 Å². The van der Waals surface area contributed by atoms with Gasteiger partial charge in [0.05, 0.1) is 11.4 Å². The van der Waals surface area contributed by atoms with Gasteiger partial charge in [-0.1, -0.05) is 32.9 Å². The molecule has 0 bridgehead atoms. The second-order valence-electron chi connectivity index (χ2n) is 9.47. The molecule has 0 saturated carbocycles. The molecule has 164 valence electrons. The first-order chi connectivity index (χ1) is 14.7. The molecule has 7 heteroatoms. The SMILES string of the molecule is CC(=O)Oc1ccc(CN2CCC[C@@H](c3cc(N)n4nc(C(C)(C)C)cc4n3)C2)cc1. The fourth-order valence-corrected chi connectivity index (χ4v) is 4.12. The van der Waals surface area contributed by atoms with Crippen LogP contribution in [0.25, 0.3) is 5.65 Å². The van der Waals surface area contributed by atoms with Crippen LogP contribution in [0.2, 0.25) is 0 Å². The van der Waals surface area contributed by atoms with Crippen LogP contribution in [0.15, 0.2) is 36.4 Å². The topological polar surface area (TPSA) is 85.8 Å². The van der Waals surface area contributed by atoms with E-state index in [-0.39, 0.29) is 11.4 Å². The van der Waals surface area contributed by atoms with E-state index in [9.17, 15) is 4.79 Å². The molecule has 31 heavy (non-hydrogen) atoms. The maximum absolute atomic E-state index is 11.1. The van der Waals surface area contributed by atoms with Crippen molar-refractivity contribution in [3.63, 3.8) is 0 Å². The van der Waals surface area contributed by atoms with Crippen LogP contribution in [-0.4, -0.2) is 38.6 Å². The van der Waals surface area contributed by atoms with Crippen molar-refractivity contribution >= 4 is 17.4 Å². The number of aromatic nitrogens is 3. The van der Waals surface area contributed by atoms with Crippen molar-refractivity contribution in [2.45, 2.75) is 58.4 Å². The fraction of sp³-hybridized carbons (Fsp3) is 0.458. The summed E-state index contributed by atoms with van der Waals surface area (Å²) in [6.07, 6.45) is 2.22. The van der Waals surface area contributed by atoms with Gasteiger partial charge >= 0.3 is 5.97 Å². The molecule has 0 unspecified atom stereocenters. The molecule has 3 heterocycles. The summed E-state index contributed by atoms with van der Waals surface area (Å²) in [7, 11) is 0. The van der Waals surface area contributed by atoms with E-state index in [1.54, 1.807) is 4.52 Å². The third-order valence-electron chi connectivity index (χ3n) is 5.76. The van der Waals surface area contributed by atoms with Crippen LogP contribution in [0.3, 0.4) is 0 Å². The van der Waals surface area contributed by atoms with Crippen molar-refractivity contribution in [3.8, 4) is 5.75 Å². The quantitative estimate of drug-likeness (QED) is 0.508. The number of rotatable bonds is 4. The standard InChI is InChI=1S/C24H31N5O2/c1-16(30)31-19-9-7-17(8-10-19)14-28-11-5-6-18(15-28)20-12-22(25)29-23(26-20)13-21(27-29)24(2,3)4/h7-10,12-13,18H,5-6,11,14-15,25H2,1-4H3/t18-/m1/s1. The number of piperidine rings is 1. The summed E-state index contributed by atoms with van der Waals surface area (Å²) in [6, 6.07) is 11.8. The minimum absolute atomic E-state index is 0.0487. The van der Waals surface area contributed by atoms with Crippen molar-refractivity contribution in [2.75, 3.05) is 18.8 Å². The van der Waals surface area contributed by atoms with Crippen LogP contribution in [-0.2, 0) is 16.8 Å². The van der Waals surface area contributed by atoms with Gasteiger partial charge in [0, 0.05) is 43.5 Å². The van der Waals surface area contributed by atoms with Gasteiger partial charge in [-0.15, -0.1) is 0 Å². The first-order valence-electron chi connectivity index (χ1n) is 10.9. The lowest BCUT2D eigenvalue weighted by molar-refractivity contribution is -0.131. The highest BCUT2D eigenvalue weighted by atomic mass is 16.5. The third-order valence-corrected chi connectivity index (χ3v) is 5.76. The predicted molar refractivity (Wildman–Crippen MR) is 121 cm³/mol. The van der Waals surface area contributed by atoms with Crippen LogP contribution in [0, 0.1) is 0 Å². The molecule has 2 N–H and O–H groups in total. The summed E-state index contributed by atoms with van der Waals surface area (Å²) in [5.74, 6) is 1.25. The number of nitrogens with zero attached hydrogens (tertiary/aromatic N) is 4. The molecule has 1 aliphatic heterocycles. The van der Waals surface area contributed by atoms with Gasteiger partial charge < -0.3 is 10.5 Å². The van der Waals surface area contributed by atoms with E-state index < -0.39 is 0 Å². The van der Waals surface area contributed by atoms with Gasteiger partial charge in [-0.05, 0) is 37.1 Å². The zero-order valence-corrected chi connectivity index (χ0v) is 18.8. The van der Waals surface area contributed by atoms with E-state index in [0.717, 1.165) is 49.5 Å². The number of nitrogen functional groups attached to an aromatic ring is 1. The Morgan fingerprint density at radius 2 is 1.97 bits per heavy atom. The maximum Gasteiger partial charge on any atom is 0.308 e. The lowest BCUT2D eigenvalue weighted by Crippen LogP contribution is -2.34. The number of carbonyl (C=O) groups excluding carboxylic acids is 1. The molecule has 1 aromatic carbocycles. The van der Waals surface area contributed by atoms with E-state index in [1.165, 1.54) is 12.5 Å². The van der Waals surface area contributed by atoms with E-state index in [0.29, 0.717) is 17.5 Å². The number of esters is 1. The van der Waals surface area contributed by atoms with Gasteiger partial charge in [0.15, 0.2) is 5.65 Å². The van der Waals surface area contributed by atoms with E-state index in [2.05, 4.69) is 30.8 Å². The minimum atomic E-state index is -0.303. The summed E-state index contributed by atoms with van der Waals surface area (Å²) < 4.78 is 6.87. The number of hydrogen-bond acceptors (Lipinski definition) is 6. The van der Waals surface area contributed by atoms with E-state index in [1.807, 2.05) is 36.4 Å². The van der Waals surface area contributed by atoms with Crippen molar-refractivity contribution in [2.24, 2.45) is 0 Å². The number of fused-ring (bicyclic) bond motifs is 1. The third kappa shape index (κ3) is 4.88. The Morgan fingerprint density at radius 3 is 2.65 bits per heavy atom. The summed E-state index contributed by atoms with van der Waals surface area (Å²) in [5, 5.41) is 4.65. The Kier molecular flexibility index (Phi) is 5.71. The number of ether oxygens (including phenoxy) is 1. The monoisotopic (exact) mass is 421 g/mol. The average molecular weight is 422 g/mol. The Balaban J connectivity index is 1.49. The molecule has 3 aromatic rings. The molecule has 2 aromatic heterocycles. The van der Waals surface area contributed by atoms with Crippen LogP contribution in [0.4, 0.5) is 5.82 Å². The molecular weight excluding hydrogens is 390 g/mol. The van der Waals surface area contributed by atoms with Gasteiger partial charge in [-0.2, -0.15) is 9.61 Å². The van der Waals surface area contributed by atoms with Crippen molar-refractivity contribution in [1.29, 1.82) is 0 Å². The van der Waals surface area contributed by atoms with Gasteiger partial charge in [0.1, 0.15) is 11.6 Å². The van der Waals surface area contributed by atoms with Gasteiger partial charge in [-0.3, -0.25) is 9.69 Å². The predicted octanol–water partition coefficient (Wildman–Crippen LogP) is 3.91. The van der Waals surface area contributed by atoms with Crippen molar-refractivity contribution in [3.05, 3.63) is 53.3 Å². The molecule has 0 spiro atoms. The highest BCUT2D eigenvalue weighted by Crippen LogP contribution is 2.30. The molecule has 0 aliphatic carbocycles. The maximum atomic E-state index is 11.1. The number of nitrogens with two attached hydrogens (primary N) is 1. The lowest BCUT2D eigenvalue weighted by Gasteiger charge is -2.32. The summed E-state index contributed by atoms with van der Waals surface area (Å²) in [5.41, 5.74) is 10.3. The number of hydrogen-bond donors (Lipinski definition) is 1. The first-order valence-corrected chi connectivity index (χ1v) is 10.9. The Morgan fingerprint density at radius 1 is 1.23 bits per heavy atom. The van der Waals surface area contributed by atoms with Crippen LogP contribution < -0.4 is 10.5 Å². The lowest BCUT2D eigenvalue weighted by atomic mass is 9.92. The Labute approximate surface area is 183 Å². The van der Waals surface area contributed by atoms with E-state index >= 15 is 0 Å². The Hall–Kier alpha value is -2.93. The first kappa shape index (κ1) is 21.3. The van der Waals surface area contributed by atoms with Gasteiger partial charge in [-0.25, -0.2) is 4.98 Å². The summed E-state index contributed by atoms with van der Waals surface area (Å²) in [4.78, 5) is 18.5. The highest BCUT2D eigenvalue weighted by molar-refractivity contribution is 5.69. The van der Waals surface area contributed by atoms with Gasteiger partial charge in [0.2, 0.25) is 0 Å². The average Bonchev–Trinajstić information content (AvgIpc) is 3.15. The molecule has 0 amide bonds. The van der Waals surface area contributed by atoms with Crippen molar-refractivity contribution < 1.29 is 9.53 Å². The number of anilines is 1. The number of carbonyl (C=O) groups is 1. The molecule has 0 radical (unpaired) electrons. The minimum Gasteiger partial charge on any atom is -0.427 e. The molecule has 7 nitrogen and oxygen atoms in total. The number of benzene rings is 1. The normalized spacial score (nSPS) is 17.7. The fourth-order valence-electron chi connectivity index (χ4n) is 4.12. The molecule has 4 rings (SSSR count). The molecule has 1 saturated heterocycles. The highest BCUT2D eigenvalue weighted by Gasteiger charge is 2.25. The summed E-state index contributed by atoms with van der Waals surface area (Å²) >= 11 is 0. The van der Waals surface area contributed by atoms with Gasteiger partial charge in [0.25, 0.3) is 0 Å². The zero-order valence-electron chi connectivity index (χ0n) is 18.8. The second-order valence-corrected chi connectivity index (χ2v) is 9.47. The van der Waals surface area contributed by atoms with E-state index in [4.69, 9.17) is 15.5 Å². The van der Waals surface area contributed by atoms with Crippen LogP contribution in [0.5, 0.6) is 5.75 Å².